The van der Waals surface area contributed by atoms with Gasteiger partial charge in [0.25, 0.3) is 0 Å². The fourth-order valence-electron chi connectivity index (χ4n) is 4.87. The van der Waals surface area contributed by atoms with Gasteiger partial charge >= 0.3 is 0 Å². The fraction of sp³-hybridized carbons (Fsp3) is 0.0400. The van der Waals surface area contributed by atoms with Crippen molar-refractivity contribution in [1.29, 1.82) is 0 Å². The second-order valence-corrected chi connectivity index (χ2v) is 8.80. The Balaban J connectivity index is 0.00000294. The van der Waals surface area contributed by atoms with Gasteiger partial charge in [-0.15, -0.1) is 21.9 Å². The third-order valence-electron chi connectivity index (χ3n) is 6.71. The quantitative estimate of drug-likeness (QED) is 0.0861. The molecule has 0 fully saturated rings. The topological polar surface area (TPSA) is 0 Å². The molecule has 0 spiro atoms. The van der Waals surface area contributed by atoms with Crippen LogP contribution in [-0.4, -0.2) is 12.4 Å². The fourth-order valence-corrected chi connectivity index (χ4v) is 4.87. The third kappa shape index (κ3) is 4.96. The molecular weight excluding hydrogens is 723 g/mol. The van der Waals surface area contributed by atoms with Gasteiger partial charge in [-0.05, 0) is 12.6 Å². The van der Waals surface area contributed by atoms with E-state index in [-0.39, 0.29) is 0 Å². The third-order valence-corrected chi connectivity index (χ3v) is 6.71. The van der Waals surface area contributed by atoms with Crippen LogP contribution in [0.4, 0.5) is 87.8 Å². The van der Waals surface area contributed by atoms with E-state index in [0.29, 0.717) is 0 Å². The molecule has 0 aliphatic rings. The van der Waals surface area contributed by atoms with E-state index in [9.17, 15) is 52.7 Å². The molecule has 0 amide bonds. The molecule has 4 rings (SSSR count). The average Bonchev–Trinajstić information content (AvgIpc) is 3.05. The van der Waals surface area contributed by atoms with Crippen molar-refractivity contribution in [1.82, 2.24) is 0 Å². The summed E-state index contributed by atoms with van der Waals surface area (Å²) < 4.78 is 294. The van der Waals surface area contributed by atoms with Gasteiger partial charge in [0.05, 0.1) is 6.26 Å². The minimum absolute atomic E-state index is 1.81. The number of hydrogen-bond donors (Lipinski definition) is 0. The van der Waals surface area contributed by atoms with Gasteiger partial charge in [-0.3, -0.25) is 0 Å². The van der Waals surface area contributed by atoms with Crippen molar-refractivity contribution in [2.24, 2.45) is 0 Å². The van der Waals surface area contributed by atoms with E-state index < -0.39 is 144 Å². The minimum Gasteiger partial charge on any atom is -0.207 e. The van der Waals surface area contributed by atoms with E-state index in [2.05, 4.69) is 12.6 Å². The molecule has 0 nitrogen and oxygen atoms in total. The molecule has 0 aromatic heterocycles. The molecule has 0 saturated heterocycles. The van der Waals surface area contributed by atoms with Crippen molar-refractivity contribution >= 4 is 40.6 Å². The van der Waals surface area contributed by atoms with Crippen LogP contribution in [0.5, 0.6) is 0 Å². The molecule has 4 aromatic rings. The molecule has 0 bridgehead atoms. The van der Waals surface area contributed by atoms with Crippen LogP contribution in [-0.2, 0) is 12.6 Å². The summed E-state index contributed by atoms with van der Waals surface area (Å²) in [4.78, 5) is 0. The average molecular weight is 728 g/mol. The molecule has 0 heterocycles. The first-order valence-electron chi connectivity index (χ1n) is 11.4. The van der Waals surface area contributed by atoms with Gasteiger partial charge in [0.15, 0.2) is 69.8 Å². The number of rotatable bonds is 4. The second-order valence-electron chi connectivity index (χ2n) is 8.80. The van der Waals surface area contributed by atoms with Crippen molar-refractivity contribution < 1.29 is 87.8 Å². The molecule has 0 saturated carbocycles. The van der Waals surface area contributed by atoms with E-state index in [4.69, 9.17) is 0 Å². The second kappa shape index (κ2) is 12.8. The highest BCUT2D eigenvalue weighted by Gasteiger charge is 2.52. The van der Waals surface area contributed by atoms with Crippen LogP contribution in [0.1, 0.15) is 0 Å². The molecule has 0 unspecified atom stereocenters. The van der Waals surface area contributed by atoms with Crippen LogP contribution in [0.3, 0.4) is 0 Å². The summed E-state index contributed by atoms with van der Waals surface area (Å²) in [6.07, 6.45) is -5.41. The van der Waals surface area contributed by atoms with Gasteiger partial charge in [-0.25, -0.2) is 87.8 Å². The zero-order valence-electron chi connectivity index (χ0n) is 21.6. The Morgan fingerprint density at radius 2 is 0.298 bits per heavy atom. The van der Waals surface area contributed by atoms with Gasteiger partial charge in [0.1, 0.15) is 52.7 Å². The molecule has 0 radical (unpaired) electrons. The largest absolute Gasteiger partial charge is 0.207 e. The normalized spacial score (nSPS) is 11.6. The van der Waals surface area contributed by atoms with Crippen molar-refractivity contribution in [3.63, 3.8) is 0 Å². The lowest BCUT2D eigenvalue weighted by Gasteiger charge is -2.44. The molecular formula is C25H5BF20S. The zero-order chi connectivity index (χ0) is 36.4. The molecule has 22 heteroatoms. The summed E-state index contributed by atoms with van der Waals surface area (Å²) in [5.74, 6) is -71.4. The molecule has 0 aliphatic heterocycles. The van der Waals surface area contributed by atoms with Gasteiger partial charge in [-0.2, -0.15) is 0 Å². The molecule has 254 valence electrons. The van der Waals surface area contributed by atoms with E-state index in [1.165, 1.54) is 0 Å². The van der Waals surface area contributed by atoms with Crippen LogP contribution >= 0.6 is 0 Å². The predicted octanol–water partition coefficient (Wildman–Crippen LogP) is 5.47. The molecule has 0 aliphatic carbocycles. The van der Waals surface area contributed by atoms with Gasteiger partial charge in [-0.1, -0.05) is 0 Å². The first-order valence-corrected chi connectivity index (χ1v) is 12.4. The summed E-state index contributed by atoms with van der Waals surface area (Å²) in [7, 11) is 0. The van der Waals surface area contributed by atoms with Crippen LogP contribution in [0.15, 0.2) is 0 Å². The van der Waals surface area contributed by atoms with Crippen molar-refractivity contribution in [2.45, 2.75) is 0 Å². The lowest BCUT2D eigenvalue weighted by atomic mass is 9.12. The highest BCUT2D eigenvalue weighted by atomic mass is 32.1. The van der Waals surface area contributed by atoms with Gasteiger partial charge in [0.2, 0.25) is 0 Å². The van der Waals surface area contributed by atoms with Gasteiger partial charge < -0.3 is 0 Å². The molecule has 4 aromatic carbocycles. The monoisotopic (exact) mass is 728 g/mol. The predicted molar refractivity (Wildman–Crippen MR) is 125 cm³/mol. The zero-order valence-corrected chi connectivity index (χ0v) is 22.6. The molecule has 0 N–H and O–H groups in total. The van der Waals surface area contributed by atoms with E-state index in [1.54, 1.807) is 6.26 Å². The maximum absolute atomic E-state index is 15.4. The van der Waals surface area contributed by atoms with Crippen molar-refractivity contribution in [3.8, 4) is 0 Å². The maximum Gasteiger partial charge on any atom is 0.200 e. The Kier molecular flexibility index (Phi) is 10.2. The lowest BCUT2D eigenvalue weighted by molar-refractivity contribution is 0.378. The summed E-state index contributed by atoms with van der Waals surface area (Å²) >= 11 is 2.97. The summed E-state index contributed by atoms with van der Waals surface area (Å²) in [5.41, 5.74) is -14.3. The van der Waals surface area contributed by atoms with E-state index in [0.717, 1.165) is 0 Å². The first kappa shape index (κ1) is 37.4. The van der Waals surface area contributed by atoms with E-state index in [1.807, 2.05) is 0 Å². The minimum atomic E-state index is -7.22. The maximum atomic E-state index is 15.4. The standard InChI is InChI=1S/C24BF20.CH4S/c26-5-1(6(27)14(35)21(42)13(5)34)25(2-7(28)15(36)22(43)16(37)8(2)29,3-9(30)17(38)23(44)18(39)10(3)31)4-11(32)19(40)24(45)20(41)12(4)33;1-2/h;2H,1H3/q-1;/p+1. The molecule has 0 atom stereocenters. The number of hydrogen-bond acceptors (Lipinski definition) is 0. The Morgan fingerprint density at radius 3 is 0.404 bits per heavy atom. The van der Waals surface area contributed by atoms with Crippen LogP contribution < -0.4 is 21.9 Å². The molecule has 47 heavy (non-hydrogen) atoms. The number of benzene rings is 4. The van der Waals surface area contributed by atoms with E-state index >= 15 is 35.1 Å². The highest BCUT2D eigenvalue weighted by Crippen LogP contribution is 2.30. The summed E-state index contributed by atoms with van der Waals surface area (Å²) in [6, 6.07) is 0. The van der Waals surface area contributed by atoms with Crippen LogP contribution in [0.25, 0.3) is 0 Å². The Morgan fingerprint density at radius 1 is 0.213 bits per heavy atom. The van der Waals surface area contributed by atoms with Crippen molar-refractivity contribution in [2.75, 3.05) is 6.26 Å². The van der Waals surface area contributed by atoms with Gasteiger partial charge in [0, 0.05) is 0 Å². The Hall–Kier alpha value is -4.11. The summed E-state index contributed by atoms with van der Waals surface area (Å²) in [6.45, 7) is 0. The Bertz CT molecular complexity index is 1580. The Labute approximate surface area is 251 Å². The van der Waals surface area contributed by atoms with Crippen LogP contribution in [0.2, 0.25) is 0 Å². The van der Waals surface area contributed by atoms with Crippen molar-refractivity contribution in [3.05, 3.63) is 116 Å². The van der Waals surface area contributed by atoms with Crippen LogP contribution in [0, 0.1) is 116 Å². The smallest absolute Gasteiger partial charge is 0.200 e. The highest BCUT2D eigenvalue weighted by molar-refractivity contribution is 7.57. The first-order chi connectivity index (χ1) is 21.7. The SMILES string of the molecule is C[SH2+].Fc1c(F)c(F)c([B-](c2c(F)c(F)c(F)c(F)c2F)(c2c(F)c(F)c(F)c(F)c2F)c2c(F)c(F)c(F)c(F)c2F)c(F)c1F. The lowest BCUT2D eigenvalue weighted by Crippen LogP contribution is -2.81. The number of halogens is 20. The summed E-state index contributed by atoms with van der Waals surface area (Å²) in [5, 5.41) is 0.